The summed E-state index contributed by atoms with van der Waals surface area (Å²) in [6.45, 7) is 5.83. The Kier molecular flexibility index (Phi) is 4.26. The van der Waals surface area contributed by atoms with Gasteiger partial charge in [0.15, 0.2) is 0 Å². The molecular weight excluding hydrogens is 304 g/mol. The van der Waals surface area contributed by atoms with Crippen LogP contribution in [0, 0.1) is 6.92 Å². The number of nitrogens with one attached hydrogen (secondary N) is 1. The highest BCUT2D eigenvalue weighted by Gasteiger charge is 2.37. The predicted molar refractivity (Wildman–Crippen MR) is 92.2 cm³/mol. The van der Waals surface area contributed by atoms with Crippen LogP contribution in [0.15, 0.2) is 18.5 Å². The first-order valence-corrected chi connectivity index (χ1v) is 8.21. The summed E-state index contributed by atoms with van der Waals surface area (Å²) >= 11 is 0. The molecule has 0 saturated carbocycles. The molecule has 0 unspecified atom stereocenters. The van der Waals surface area contributed by atoms with Gasteiger partial charge < -0.3 is 9.80 Å². The maximum absolute atomic E-state index is 12.4. The van der Waals surface area contributed by atoms with Crippen LogP contribution in [0.5, 0.6) is 0 Å². The Labute approximate surface area is 142 Å². The molecule has 1 aliphatic rings. The van der Waals surface area contributed by atoms with Gasteiger partial charge in [-0.3, -0.25) is 9.89 Å². The van der Waals surface area contributed by atoms with E-state index < -0.39 is 0 Å². The zero-order valence-electron chi connectivity index (χ0n) is 14.7. The minimum absolute atomic E-state index is 0.0185. The first-order chi connectivity index (χ1) is 11.4. The van der Waals surface area contributed by atoms with E-state index in [0.717, 1.165) is 43.3 Å². The summed E-state index contributed by atoms with van der Waals surface area (Å²) in [5, 5.41) is 7.22. The van der Waals surface area contributed by atoms with Gasteiger partial charge in [-0.05, 0) is 25.8 Å². The smallest absolute Gasteiger partial charge is 0.256 e. The van der Waals surface area contributed by atoms with E-state index in [9.17, 15) is 4.79 Å². The second kappa shape index (κ2) is 6.22. The van der Waals surface area contributed by atoms with Gasteiger partial charge in [-0.2, -0.15) is 5.10 Å². The minimum Gasteiger partial charge on any atom is -0.356 e. The predicted octanol–water partition coefficient (Wildman–Crippen LogP) is 1.77. The number of anilines is 1. The summed E-state index contributed by atoms with van der Waals surface area (Å²) < 4.78 is 0. The number of H-pyrrole nitrogens is 1. The van der Waals surface area contributed by atoms with Crippen molar-refractivity contribution in [3.05, 3.63) is 35.5 Å². The fourth-order valence-corrected chi connectivity index (χ4v) is 3.41. The minimum atomic E-state index is -0.172. The molecular formula is C17H24N6O. The number of aromatic nitrogens is 4. The van der Waals surface area contributed by atoms with Crippen molar-refractivity contribution in [1.29, 1.82) is 0 Å². The lowest BCUT2D eigenvalue weighted by atomic mass is 9.77. The van der Waals surface area contributed by atoms with Gasteiger partial charge in [-0.1, -0.05) is 6.92 Å². The molecule has 3 heterocycles. The standard InChI is InChI=1S/C17H24N6O/c1-12-18-8-6-14(20-12)23-9-5-7-17(2,11-23)15-13(10-19-21-15)16(24)22(3)4/h6,8,10H,5,7,9,11H2,1-4H3,(H,19,21)/t17-/m1/s1. The van der Waals surface area contributed by atoms with Crippen molar-refractivity contribution >= 4 is 11.7 Å². The van der Waals surface area contributed by atoms with Crippen molar-refractivity contribution in [3.8, 4) is 0 Å². The van der Waals surface area contributed by atoms with Crippen LogP contribution in [-0.2, 0) is 5.41 Å². The molecule has 24 heavy (non-hydrogen) atoms. The molecule has 1 N–H and O–H groups in total. The zero-order valence-corrected chi connectivity index (χ0v) is 14.7. The number of aromatic amines is 1. The van der Waals surface area contributed by atoms with Gasteiger partial charge in [-0.25, -0.2) is 9.97 Å². The summed E-state index contributed by atoms with van der Waals surface area (Å²) in [5.41, 5.74) is 1.40. The van der Waals surface area contributed by atoms with E-state index in [2.05, 4.69) is 32.0 Å². The second-order valence-corrected chi connectivity index (χ2v) is 6.91. The second-order valence-electron chi connectivity index (χ2n) is 6.91. The Morgan fingerprint density at radius 3 is 2.92 bits per heavy atom. The lowest BCUT2D eigenvalue weighted by Gasteiger charge is -2.41. The van der Waals surface area contributed by atoms with Gasteiger partial charge in [0.1, 0.15) is 11.6 Å². The molecule has 7 nitrogen and oxygen atoms in total. The number of hydrogen-bond donors (Lipinski definition) is 1. The molecule has 0 aromatic carbocycles. The van der Waals surface area contributed by atoms with Gasteiger partial charge in [0.25, 0.3) is 5.91 Å². The largest absolute Gasteiger partial charge is 0.356 e. The van der Waals surface area contributed by atoms with Crippen molar-refractivity contribution < 1.29 is 4.79 Å². The van der Waals surface area contributed by atoms with Crippen LogP contribution in [-0.4, -0.2) is 58.2 Å². The summed E-state index contributed by atoms with van der Waals surface area (Å²) in [6.07, 6.45) is 5.47. The molecule has 7 heteroatoms. The molecule has 1 atom stereocenters. The molecule has 0 spiro atoms. The average Bonchev–Trinajstić information content (AvgIpc) is 3.04. The normalized spacial score (nSPS) is 20.9. The van der Waals surface area contributed by atoms with Crippen molar-refractivity contribution in [3.63, 3.8) is 0 Å². The van der Waals surface area contributed by atoms with Gasteiger partial charge in [0, 0.05) is 38.8 Å². The monoisotopic (exact) mass is 328 g/mol. The van der Waals surface area contributed by atoms with Crippen LogP contribution in [0.1, 0.15) is 41.6 Å². The average molecular weight is 328 g/mol. The molecule has 128 valence electrons. The Bertz CT molecular complexity index is 740. The van der Waals surface area contributed by atoms with E-state index in [1.807, 2.05) is 13.0 Å². The summed E-state index contributed by atoms with van der Waals surface area (Å²) in [7, 11) is 3.52. The Hall–Kier alpha value is -2.44. The fourth-order valence-electron chi connectivity index (χ4n) is 3.41. The molecule has 1 aliphatic heterocycles. The SMILES string of the molecule is Cc1nccc(N2CCC[C@@](C)(c3[nH]ncc3C(=O)N(C)C)C2)n1. The number of amides is 1. The van der Waals surface area contributed by atoms with E-state index in [4.69, 9.17) is 0 Å². The van der Waals surface area contributed by atoms with Crippen molar-refractivity contribution in [2.75, 3.05) is 32.1 Å². The highest BCUT2D eigenvalue weighted by molar-refractivity contribution is 5.95. The van der Waals surface area contributed by atoms with Crippen LogP contribution in [0.4, 0.5) is 5.82 Å². The number of aryl methyl sites for hydroxylation is 1. The number of piperidine rings is 1. The lowest BCUT2D eigenvalue weighted by molar-refractivity contribution is 0.0824. The van der Waals surface area contributed by atoms with Crippen LogP contribution >= 0.6 is 0 Å². The van der Waals surface area contributed by atoms with Crippen molar-refractivity contribution in [2.45, 2.75) is 32.1 Å². The third kappa shape index (κ3) is 2.98. The van der Waals surface area contributed by atoms with Gasteiger partial charge >= 0.3 is 0 Å². The highest BCUT2D eigenvalue weighted by Crippen LogP contribution is 2.36. The maximum atomic E-state index is 12.4. The van der Waals surface area contributed by atoms with Gasteiger partial charge in [0.2, 0.25) is 0 Å². The van der Waals surface area contributed by atoms with E-state index in [1.54, 1.807) is 31.4 Å². The molecule has 2 aromatic rings. The first-order valence-electron chi connectivity index (χ1n) is 8.21. The number of carbonyl (C=O) groups excluding carboxylic acids is 1. The summed E-state index contributed by atoms with van der Waals surface area (Å²) in [6, 6.07) is 1.94. The topological polar surface area (TPSA) is 78.0 Å². The molecule has 0 bridgehead atoms. The molecule has 3 rings (SSSR count). The number of nitrogens with zero attached hydrogens (tertiary/aromatic N) is 5. The van der Waals surface area contributed by atoms with Gasteiger partial charge in [-0.15, -0.1) is 0 Å². The molecule has 1 amide bonds. The van der Waals surface area contributed by atoms with Crippen LogP contribution in [0.25, 0.3) is 0 Å². The molecule has 0 aliphatic carbocycles. The quantitative estimate of drug-likeness (QED) is 0.929. The maximum Gasteiger partial charge on any atom is 0.256 e. The molecule has 0 radical (unpaired) electrons. The van der Waals surface area contributed by atoms with Crippen LogP contribution in [0.3, 0.4) is 0 Å². The van der Waals surface area contributed by atoms with Crippen molar-refractivity contribution in [1.82, 2.24) is 25.1 Å². The number of carbonyl (C=O) groups is 1. The third-order valence-electron chi connectivity index (χ3n) is 4.66. The Balaban J connectivity index is 1.91. The van der Waals surface area contributed by atoms with E-state index in [-0.39, 0.29) is 11.3 Å². The first kappa shape index (κ1) is 16.4. The van der Waals surface area contributed by atoms with Crippen molar-refractivity contribution in [2.24, 2.45) is 0 Å². The molecule has 2 aromatic heterocycles. The lowest BCUT2D eigenvalue weighted by Crippen LogP contribution is -2.46. The Morgan fingerprint density at radius 1 is 1.42 bits per heavy atom. The number of hydrogen-bond acceptors (Lipinski definition) is 5. The zero-order chi connectivity index (χ0) is 17.3. The number of rotatable bonds is 3. The molecule has 1 fully saturated rings. The van der Waals surface area contributed by atoms with Crippen LogP contribution in [0.2, 0.25) is 0 Å². The third-order valence-corrected chi connectivity index (χ3v) is 4.66. The van der Waals surface area contributed by atoms with E-state index in [0.29, 0.717) is 5.56 Å². The fraction of sp³-hybridized carbons (Fsp3) is 0.529. The van der Waals surface area contributed by atoms with E-state index in [1.165, 1.54) is 0 Å². The molecule has 1 saturated heterocycles. The summed E-state index contributed by atoms with van der Waals surface area (Å²) in [5.74, 6) is 1.69. The van der Waals surface area contributed by atoms with E-state index >= 15 is 0 Å². The Morgan fingerprint density at radius 2 is 2.21 bits per heavy atom. The van der Waals surface area contributed by atoms with Crippen LogP contribution < -0.4 is 4.90 Å². The highest BCUT2D eigenvalue weighted by atomic mass is 16.2. The summed E-state index contributed by atoms with van der Waals surface area (Å²) in [4.78, 5) is 25.0. The van der Waals surface area contributed by atoms with Gasteiger partial charge in [0.05, 0.1) is 17.5 Å².